The average Bonchev–Trinajstić information content (AvgIpc) is 3.10. The first-order valence-corrected chi connectivity index (χ1v) is 9.84. The van der Waals surface area contributed by atoms with E-state index in [1.165, 1.54) is 18.4 Å². The van der Waals surface area contributed by atoms with Crippen molar-refractivity contribution in [3.8, 4) is 0 Å². The number of methoxy groups -OCH3 is 1. The van der Waals surface area contributed by atoms with E-state index in [1.54, 1.807) is 17.1 Å². The first kappa shape index (κ1) is 19.4. The van der Waals surface area contributed by atoms with E-state index in [2.05, 4.69) is 10.3 Å². The van der Waals surface area contributed by atoms with E-state index in [0.717, 1.165) is 15.5 Å². The molecule has 0 radical (unpaired) electrons. The van der Waals surface area contributed by atoms with Crippen LogP contribution in [0.25, 0.3) is 0 Å². The minimum atomic E-state index is -0.476. The Morgan fingerprint density at radius 3 is 2.68 bits per heavy atom. The van der Waals surface area contributed by atoms with Crippen molar-refractivity contribution in [1.29, 1.82) is 0 Å². The van der Waals surface area contributed by atoms with Gasteiger partial charge in [-0.2, -0.15) is 0 Å². The molecule has 1 unspecified atom stereocenters. The highest BCUT2D eigenvalue weighted by Crippen LogP contribution is 2.22. The lowest BCUT2D eigenvalue weighted by Gasteiger charge is -2.18. The standard InChI is InChI=1S/C17H21N3O3S2/c1-23-16(21)9-13(11-3-5-12(24-2)6-4-11)20-17(22)14-10-25-15(19-14)7-8-18/h3-6,10,13H,7-9,18H2,1-2H3,(H,20,22). The van der Waals surface area contributed by atoms with Crippen LogP contribution in [0.15, 0.2) is 34.5 Å². The quantitative estimate of drug-likeness (QED) is 0.540. The number of nitrogens with zero attached hydrogens (tertiary/aromatic N) is 1. The van der Waals surface area contributed by atoms with Crippen LogP contribution in [0.1, 0.15) is 33.5 Å². The van der Waals surface area contributed by atoms with Gasteiger partial charge in [-0.3, -0.25) is 9.59 Å². The van der Waals surface area contributed by atoms with Gasteiger partial charge in [0, 0.05) is 16.7 Å². The van der Waals surface area contributed by atoms with Gasteiger partial charge in [0.1, 0.15) is 5.69 Å². The molecule has 0 aliphatic heterocycles. The SMILES string of the molecule is COC(=O)CC(NC(=O)c1csc(CCN)n1)c1ccc(SC)cc1. The number of thioether (sulfide) groups is 1. The van der Waals surface area contributed by atoms with Crippen LogP contribution in [0.3, 0.4) is 0 Å². The molecule has 134 valence electrons. The zero-order chi connectivity index (χ0) is 18.2. The third kappa shape index (κ3) is 5.55. The molecule has 1 atom stereocenters. The molecule has 0 aliphatic carbocycles. The number of nitrogens with two attached hydrogens (primary N) is 1. The second-order valence-corrected chi connectivity index (χ2v) is 7.07. The van der Waals surface area contributed by atoms with Crippen LogP contribution in [-0.4, -0.2) is 36.8 Å². The molecule has 0 aliphatic rings. The molecule has 8 heteroatoms. The fourth-order valence-corrected chi connectivity index (χ4v) is 3.43. The molecule has 0 bridgehead atoms. The minimum absolute atomic E-state index is 0.0562. The van der Waals surface area contributed by atoms with Crippen LogP contribution in [-0.2, 0) is 16.0 Å². The number of thiazole rings is 1. The molecule has 25 heavy (non-hydrogen) atoms. The summed E-state index contributed by atoms with van der Waals surface area (Å²) >= 11 is 3.03. The van der Waals surface area contributed by atoms with Gasteiger partial charge >= 0.3 is 5.97 Å². The highest BCUT2D eigenvalue weighted by molar-refractivity contribution is 7.98. The van der Waals surface area contributed by atoms with Gasteiger partial charge in [-0.1, -0.05) is 12.1 Å². The highest BCUT2D eigenvalue weighted by atomic mass is 32.2. The third-order valence-electron chi connectivity index (χ3n) is 3.56. The molecule has 0 saturated carbocycles. The Kier molecular flexibility index (Phi) is 7.42. The molecule has 1 amide bonds. The molecule has 1 aromatic carbocycles. The Hall–Kier alpha value is -1.90. The number of hydrogen-bond donors (Lipinski definition) is 2. The monoisotopic (exact) mass is 379 g/mol. The Balaban J connectivity index is 2.16. The number of carbonyl (C=O) groups excluding carboxylic acids is 2. The lowest BCUT2D eigenvalue weighted by Crippen LogP contribution is -2.30. The number of esters is 1. The maximum atomic E-state index is 12.5. The molecular weight excluding hydrogens is 358 g/mol. The van der Waals surface area contributed by atoms with Crippen LogP contribution in [0.4, 0.5) is 0 Å². The van der Waals surface area contributed by atoms with E-state index in [0.29, 0.717) is 18.7 Å². The van der Waals surface area contributed by atoms with Crippen LogP contribution in [0.2, 0.25) is 0 Å². The van der Waals surface area contributed by atoms with Crippen LogP contribution in [0, 0.1) is 0 Å². The molecule has 0 spiro atoms. The number of hydrogen-bond acceptors (Lipinski definition) is 7. The van der Waals surface area contributed by atoms with E-state index >= 15 is 0 Å². The molecule has 2 rings (SSSR count). The van der Waals surface area contributed by atoms with Gasteiger partial charge in [-0.15, -0.1) is 23.1 Å². The summed E-state index contributed by atoms with van der Waals surface area (Å²) in [7, 11) is 1.33. The molecule has 0 fully saturated rings. The smallest absolute Gasteiger partial charge is 0.307 e. The predicted octanol–water partition coefficient (Wildman–Crippen LogP) is 2.40. The minimum Gasteiger partial charge on any atom is -0.469 e. The number of ether oxygens (including phenoxy) is 1. The predicted molar refractivity (Wildman–Crippen MR) is 99.9 cm³/mol. The van der Waals surface area contributed by atoms with Crippen molar-refractivity contribution in [2.75, 3.05) is 19.9 Å². The molecular formula is C17H21N3O3S2. The number of aromatic nitrogens is 1. The van der Waals surface area contributed by atoms with Gasteiger partial charge < -0.3 is 15.8 Å². The average molecular weight is 380 g/mol. The fourth-order valence-electron chi connectivity index (χ4n) is 2.22. The number of carbonyl (C=O) groups is 2. The Morgan fingerprint density at radius 2 is 2.08 bits per heavy atom. The second-order valence-electron chi connectivity index (χ2n) is 5.24. The number of rotatable bonds is 8. The lowest BCUT2D eigenvalue weighted by molar-refractivity contribution is -0.141. The topological polar surface area (TPSA) is 94.3 Å². The number of amides is 1. The van der Waals surface area contributed by atoms with Crippen LogP contribution < -0.4 is 11.1 Å². The van der Waals surface area contributed by atoms with E-state index in [4.69, 9.17) is 10.5 Å². The van der Waals surface area contributed by atoms with Crippen LogP contribution in [0.5, 0.6) is 0 Å². The third-order valence-corrected chi connectivity index (χ3v) is 5.22. The molecule has 1 aromatic heterocycles. The largest absolute Gasteiger partial charge is 0.469 e. The summed E-state index contributed by atoms with van der Waals surface area (Å²) in [6, 6.07) is 7.24. The summed E-state index contributed by atoms with van der Waals surface area (Å²) in [5.41, 5.74) is 6.69. The van der Waals surface area contributed by atoms with E-state index in [-0.39, 0.29) is 18.3 Å². The zero-order valence-corrected chi connectivity index (χ0v) is 15.8. The number of benzene rings is 1. The number of nitrogens with one attached hydrogen (secondary N) is 1. The van der Waals surface area contributed by atoms with Gasteiger partial charge in [0.15, 0.2) is 0 Å². The summed E-state index contributed by atoms with van der Waals surface area (Å²) in [6.45, 7) is 0.487. The van der Waals surface area contributed by atoms with Gasteiger partial charge in [-0.25, -0.2) is 4.98 Å². The summed E-state index contributed by atoms with van der Waals surface area (Å²) in [4.78, 5) is 29.6. The van der Waals surface area contributed by atoms with E-state index in [1.807, 2.05) is 30.5 Å². The van der Waals surface area contributed by atoms with Gasteiger partial charge in [0.25, 0.3) is 5.91 Å². The maximum Gasteiger partial charge on any atom is 0.307 e. The van der Waals surface area contributed by atoms with Crippen molar-refractivity contribution in [2.24, 2.45) is 5.73 Å². The summed E-state index contributed by atoms with van der Waals surface area (Å²) < 4.78 is 4.75. The highest BCUT2D eigenvalue weighted by Gasteiger charge is 2.21. The molecule has 3 N–H and O–H groups in total. The Labute approximate surface area is 155 Å². The summed E-state index contributed by atoms with van der Waals surface area (Å²) in [5.74, 6) is -0.705. The first-order valence-electron chi connectivity index (χ1n) is 7.73. The van der Waals surface area contributed by atoms with Crippen molar-refractivity contribution in [3.63, 3.8) is 0 Å². The maximum absolute atomic E-state index is 12.5. The zero-order valence-electron chi connectivity index (χ0n) is 14.2. The van der Waals surface area contributed by atoms with E-state index in [9.17, 15) is 9.59 Å². The molecule has 1 heterocycles. The van der Waals surface area contributed by atoms with Crippen molar-refractivity contribution in [3.05, 3.63) is 45.9 Å². The van der Waals surface area contributed by atoms with E-state index < -0.39 is 6.04 Å². The summed E-state index contributed by atoms with van der Waals surface area (Å²) in [5, 5.41) is 5.40. The van der Waals surface area contributed by atoms with Crippen molar-refractivity contribution >= 4 is 35.0 Å². The molecule has 0 saturated heterocycles. The van der Waals surface area contributed by atoms with Gasteiger partial charge in [0.05, 0.1) is 24.6 Å². The normalized spacial score (nSPS) is 11.8. The van der Waals surface area contributed by atoms with Crippen LogP contribution >= 0.6 is 23.1 Å². The first-order chi connectivity index (χ1) is 12.1. The lowest BCUT2D eigenvalue weighted by atomic mass is 10.0. The second kappa shape index (κ2) is 9.55. The van der Waals surface area contributed by atoms with Gasteiger partial charge in [-0.05, 0) is 30.5 Å². The van der Waals surface area contributed by atoms with Crippen molar-refractivity contribution in [2.45, 2.75) is 23.8 Å². The Bertz CT molecular complexity index is 716. The van der Waals surface area contributed by atoms with Crippen molar-refractivity contribution < 1.29 is 14.3 Å². The molecule has 6 nitrogen and oxygen atoms in total. The molecule has 2 aromatic rings. The fraction of sp³-hybridized carbons (Fsp3) is 0.353. The Morgan fingerprint density at radius 1 is 1.36 bits per heavy atom. The van der Waals surface area contributed by atoms with Gasteiger partial charge in [0.2, 0.25) is 0 Å². The summed E-state index contributed by atoms with van der Waals surface area (Å²) in [6.07, 6.45) is 2.68. The van der Waals surface area contributed by atoms with Crippen molar-refractivity contribution in [1.82, 2.24) is 10.3 Å².